The van der Waals surface area contributed by atoms with Crippen molar-refractivity contribution in [1.82, 2.24) is 4.98 Å². The first-order valence-electron chi connectivity index (χ1n) is 7.32. The van der Waals surface area contributed by atoms with Crippen molar-refractivity contribution in [1.29, 1.82) is 0 Å². The van der Waals surface area contributed by atoms with Crippen molar-refractivity contribution in [2.75, 3.05) is 24.3 Å². The number of carbonyl (C=O) groups excluding carboxylic acids is 2. The molecule has 2 aromatic rings. The number of esters is 1. The molecule has 1 heterocycles. The monoisotopic (exact) mass is 313 g/mol. The molecule has 0 radical (unpaired) electrons. The number of pyridine rings is 1. The van der Waals surface area contributed by atoms with E-state index in [0.29, 0.717) is 16.8 Å². The van der Waals surface area contributed by atoms with Crippen LogP contribution in [-0.4, -0.2) is 30.5 Å². The predicted octanol–water partition coefficient (Wildman–Crippen LogP) is 2.94. The Labute approximate surface area is 134 Å². The summed E-state index contributed by atoms with van der Waals surface area (Å²) in [6.07, 6.45) is 4.18. The number of ether oxygens (including phenoxy) is 1. The Morgan fingerprint density at radius 1 is 1.09 bits per heavy atom. The number of nitrogens with one attached hydrogen (secondary N) is 2. The minimum atomic E-state index is -0.415. The maximum atomic E-state index is 12.2. The Balaban J connectivity index is 2.05. The summed E-state index contributed by atoms with van der Waals surface area (Å²) in [6, 6.07) is 8.24. The Bertz CT molecular complexity index is 684. The van der Waals surface area contributed by atoms with Crippen LogP contribution < -0.4 is 10.6 Å². The molecule has 0 saturated heterocycles. The molecule has 1 aromatic heterocycles. The van der Waals surface area contributed by atoms with E-state index < -0.39 is 5.97 Å². The molecule has 0 fully saturated rings. The maximum absolute atomic E-state index is 12.2. The molecule has 0 atom stereocenters. The molecule has 1 amide bonds. The van der Waals surface area contributed by atoms with Crippen LogP contribution in [0.2, 0.25) is 0 Å². The molecule has 0 unspecified atom stereocenters. The van der Waals surface area contributed by atoms with Gasteiger partial charge in [0.1, 0.15) is 0 Å². The molecule has 0 saturated carbocycles. The number of anilines is 2. The summed E-state index contributed by atoms with van der Waals surface area (Å²) in [7, 11) is 1.32. The van der Waals surface area contributed by atoms with Crippen molar-refractivity contribution in [3.05, 3.63) is 53.9 Å². The number of hydrogen-bond donors (Lipinski definition) is 2. The number of nitrogens with zero attached hydrogens (tertiary/aromatic N) is 1. The minimum absolute atomic E-state index is 0.261. The van der Waals surface area contributed by atoms with Gasteiger partial charge in [0.15, 0.2) is 0 Å². The van der Waals surface area contributed by atoms with E-state index in [-0.39, 0.29) is 5.91 Å². The number of carbonyl (C=O) groups is 2. The third-order valence-corrected chi connectivity index (χ3v) is 3.14. The molecule has 1 aromatic carbocycles. The summed E-state index contributed by atoms with van der Waals surface area (Å²) in [6.45, 7) is 2.89. The molecule has 0 aliphatic rings. The highest BCUT2D eigenvalue weighted by molar-refractivity contribution is 6.04. The van der Waals surface area contributed by atoms with Crippen molar-refractivity contribution in [3.63, 3.8) is 0 Å². The largest absolute Gasteiger partial charge is 0.465 e. The van der Waals surface area contributed by atoms with Gasteiger partial charge in [-0.15, -0.1) is 0 Å². The van der Waals surface area contributed by atoms with Crippen molar-refractivity contribution in [2.45, 2.75) is 13.3 Å². The summed E-state index contributed by atoms with van der Waals surface area (Å²) in [4.78, 5) is 27.7. The molecule has 6 heteroatoms. The Kier molecular flexibility index (Phi) is 5.68. The number of methoxy groups -OCH3 is 1. The van der Waals surface area contributed by atoms with E-state index in [1.165, 1.54) is 13.3 Å². The quantitative estimate of drug-likeness (QED) is 0.801. The zero-order chi connectivity index (χ0) is 16.7. The van der Waals surface area contributed by atoms with Gasteiger partial charge in [0.05, 0.1) is 23.9 Å². The van der Waals surface area contributed by atoms with Gasteiger partial charge in [-0.05, 0) is 36.8 Å². The van der Waals surface area contributed by atoms with E-state index in [1.807, 2.05) is 0 Å². The summed E-state index contributed by atoms with van der Waals surface area (Å²) >= 11 is 0. The molecule has 120 valence electrons. The zero-order valence-electron chi connectivity index (χ0n) is 13.1. The van der Waals surface area contributed by atoms with Crippen molar-refractivity contribution >= 4 is 23.3 Å². The molecule has 2 N–H and O–H groups in total. The minimum Gasteiger partial charge on any atom is -0.465 e. The van der Waals surface area contributed by atoms with E-state index in [4.69, 9.17) is 0 Å². The molecule has 0 aliphatic heterocycles. The lowest BCUT2D eigenvalue weighted by molar-refractivity contribution is 0.0600. The highest BCUT2D eigenvalue weighted by atomic mass is 16.5. The number of rotatable bonds is 6. The lowest BCUT2D eigenvalue weighted by atomic mass is 10.2. The van der Waals surface area contributed by atoms with Gasteiger partial charge in [-0.3, -0.25) is 9.78 Å². The van der Waals surface area contributed by atoms with E-state index in [9.17, 15) is 9.59 Å². The lowest BCUT2D eigenvalue weighted by Gasteiger charge is -2.08. The average molecular weight is 313 g/mol. The predicted molar refractivity (Wildman–Crippen MR) is 88.8 cm³/mol. The first-order chi connectivity index (χ1) is 11.1. The fourth-order valence-electron chi connectivity index (χ4n) is 1.94. The van der Waals surface area contributed by atoms with Crippen LogP contribution in [0.5, 0.6) is 0 Å². The van der Waals surface area contributed by atoms with Crippen molar-refractivity contribution in [2.24, 2.45) is 0 Å². The molecular weight excluding hydrogens is 294 g/mol. The second kappa shape index (κ2) is 7.93. The fraction of sp³-hybridized carbons (Fsp3) is 0.235. The maximum Gasteiger partial charge on any atom is 0.337 e. The standard InChI is InChI=1S/C17H19N3O3/c1-3-8-19-15-9-13(10-18-11-15)16(21)20-14-6-4-12(5-7-14)17(22)23-2/h4-7,9-11,19H,3,8H2,1-2H3,(H,20,21). The van der Waals surface area contributed by atoms with E-state index in [1.54, 1.807) is 36.5 Å². The van der Waals surface area contributed by atoms with Gasteiger partial charge in [-0.25, -0.2) is 4.79 Å². The summed E-state index contributed by atoms with van der Waals surface area (Å²) in [5.74, 6) is -0.676. The zero-order valence-corrected chi connectivity index (χ0v) is 13.1. The van der Waals surface area contributed by atoms with E-state index >= 15 is 0 Å². The van der Waals surface area contributed by atoms with Crippen LogP contribution in [0.15, 0.2) is 42.7 Å². The van der Waals surface area contributed by atoms with Crippen LogP contribution in [0.25, 0.3) is 0 Å². The van der Waals surface area contributed by atoms with Gasteiger partial charge in [0.2, 0.25) is 0 Å². The SMILES string of the molecule is CCCNc1cncc(C(=O)Nc2ccc(C(=O)OC)cc2)c1. The second-order valence-corrected chi connectivity index (χ2v) is 4.91. The van der Waals surface area contributed by atoms with Gasteiger partial charge in [-0.2, -0.15) is 0 Å². The first-order valence-corrected chi connectivity index (χ1v) is 7.32. The summed E-state index contributed by atoms with van der Waals surface area (Å²) < 4.78 is 4.63. The van der Waals surface area contributed by atoms with Crippen LogP contribution in [-0.2, 0) is 4.74 Å². The number of benzene rings is 1. The molecule has 2 rings (SSSR count). The third kappa shape index (κ3) is 4.54. The van der Waals surface area contributed by atoms with Crippen molar-refractivity contribution < 1.29 is 14.3 Å². The Morgan fingerprint density at radius 2 is 1.83 bits per heavy atom. The summed E-state index contributed by atoms with van der Waals surface area (Å²) in [5.41, 5.74) is 2.29. The molecule has 0 bridgehead atoms. The van der Waals surface area contributed by atoms with Crippen molar-refractivity contribution in [3.8, 4) is 0 Å². The van der Waals surface area contributed by atoms with Gasteiger partial charge >= 0.3 is 5.97 Å². The molecule has 6 nitrogen and oxygen atoms in total. The fourth-order valence-corrected chi connectivity index (χ4v) is 1.94. The smallest absolute Gasteiger partial charge is 0.337 e. The number of amides is 1. The van der Waals surface area contributed by atoms with Crippen LogP contribution >= 0.6 is 0 Å². The second-order valence-electron chi connectivity index (χ2n) is 4.91. The molecule has 23 heavy (non-hydrogen) atoms. The van der Waals surface area contributed by atoms with Crippen LogP contribution in [0.1, 0.15) is 34.1 Å². The van der Waals surface area contributed by atoms with E-state index in [0.717, 1.165) is 18.7 Å². The van der Waals surface area contributed by atoms with Gasteiger partial charge < -0.3 is 15.4 Å². The van der Waals surface area contributed by atoms with Gasteiger partial charge in [0, 0.05) is 24.6 Å². The Hall–Kier alpha value is -2.89. The average Bonchev–Trinajstić information content (AvgIpc) is 2.60. The molecular formula is C17H19N3O3. The highest BCUT2D eigenvalue weighted by Crippen LogP contribution is 2.14. The third-order valence-electron chi connectivity index (χ3n) is 3.14. The van der Waals surface area contributed by atoms with E-state index in [2.05, 4.69) is 27.3 Å². The number of hydrogen-bond acceptors (Lipinski definition) is 5. The highest BCUT2D eigenvalue weighted by Gasteiger charge is 2.09. The Morgan fingerprint density at radius 3 is 2.48 bits per heavy atom. The van der Waals surface area contributed by atoms with Crippen LogP contribution in [0.3, 0.4) is 0 Å². The van der Waals surface area contributed by atoms with Crippen LogP contribution in [0.4, 0.5) is 11.4 Å². The topological polar surface area (TPSA) is 80.3 Å². The van der Waals surface area contributed by atoms with Gasteiger partial charge in [-0.1, -0.05) is 6.92 Å². The number of aromatic nitrogens is 1. The summed E-state index contributed by atoms with van der Waals surface area (Å²) in [5, 5.41) is 5.95. The first kappa shape index (κ1) is 16.5. The molecule has 0 spiro atoms. The van der Waals surface area contributed by atoms with Gasteiger partial charge in [0.25, 0.3) is 5.91 Å². The van der Waals surface area contributed by atoms with Crippen LogP contribution in [0, 0.1) is 0 Å². The lowest BCUT2D eigenvalue weighted by Crippen LogP contribution is -2.13. The normalized spacial score (nSPS) is 10.0. The molecule has 0 aliphatic carbocycles.